The van der Waals surface area contributed by atoms with E-state index >= 15 is 0 Å². The number of hydrogen-bond donors (Lipinski definition) is 1. The predicted molar refractivity (Wildman–Crippen MR) is 53.9 cm³/mol. The van der Waals surface area contributed by atoms with E-state index in [-0.39, 0.29) is 5.75 Å². The molecule has 1 N–H and O–H groups in total. The molecule has 0 bridgehead atoms. The molecule has 2 rings (SSSR count). The van der Waals surface area contributed by atoms with Crippen LogP contribution < -0.4 is 0 Å². The summed E-state index contributed by atoms with van der Waals surface area (Å²) in [4.78, 5) is 8.08. The maximum Gasteiger partial charge on any atom is 0.115 e. The molecule has 0 spiro atoms. The first-order valence-corrected chi connectivity index (χ1v) is 4.33. The summed E-state index contributed by atoms with van der Waals surface area (Å²) in [6, 6.07) is 7.01. The largest absolute Gasteiger partial charge is 0.508 e. The lowest BCUT2D eigenvalue weighted by Gasteiger charge is -2.03. The van der Waals surface area contributed by atoms with Gasteiger partial charge in [0.25, 0.3) is 0 Å². The summed E-state index contributed by atoms with van der Waals surface area (Å²) in [5.41, 5.74) is 2.94. The van der Waals surface area contributed by atoms with Crippen LogP contribution in [0.5, 0.6) is 5.75 Å². The van der Waals surface area contributed by atoms with Gasteiger partial charge in [0.05, 0.1) is 0 Å². The van der Waals surface area contributed by atoms with Crippen LogP contribution in [0.3, 0.4) is 0 Å². The SMILES string of the molecule is Cc1ncncc1-c1ccc(O)cc1. The van der Waals surface area contributed by atoms with Gasteiger partial charge in [0.1, 0.15) is 12.1 Å². The van der Waals surface area contributed by atoms with Gasteiger partial charge in [0, 0.05) is 17.5 Å². The molecule has 0 fully saturated rings. The average molecular weight is 186 g/mol. The van der Waals surface area contributed by atoms with E-state index in [0.29, 0.717) is 0 Å². The highest BCUT2D eigenvalue weighted by molar-refractivity contribution is 5.65. The summed E-state index contributed by atoms with van der Waals surface area (Å²) in [6.07, 6.45) is 3.30. The van der Waals surface area contributed by atoms with Crippen LogP contribution in [0.15, 0.2) is 36.8 Å². The molecule has 0 atom stereocenters. The van der Waals surface area contributed by atoms with Crippen molar-refractivity contribution >= 4 is 0 Å². The second-order valence-corrected chi connectivity index (χ2v) is 3.07. The van der Waals surface area contributed by atoms with Gasteiger partial charge in [-0.1, -0.05) is 12.1 Å². The molecule has 0 unspecified atom stereocenters. The van der Waals surface area contributed by atoms with Crippen LogP contribution in [0, 0.1) is 6.92 Å². The number of aromatic nitrogens is 2. The molecule has 0 aliphatic heterocycles. The maximum atomic E-state index is 9.14. The second-order valence-electron chi connectivity index (χ2n) is 3.07. The predicted octanol–water partition coefficient (Wildman–Crippen LogP) is 2.16. The number of phenols is 1. The van der Waals surface area contributed by atoms with Crippen LogP contribution >= 0.6 is 0 Å². The van der Waals surface area contributed by atoms with E-state index in [1.54, 1.807) is 18.3 Å². The molecule has 1 heterocycles. The molecule has 70 valence electrons. The summed E-state index contributed by atoms with van der Waals surface area (Å²) in [6.45, 7) is 1.93. The van der Waals surface area contributed by atoms with Crippen LogP contribution in [-0.2, 0) is 0 Å². The van der Waals surface area contributed by atoms with Crippen molar-refractivity contribution in [2.45, 2.75) is 6.92 Å². The maximum absolute atomic E-state index is 9.14. The number of rotatable bonds is 1. The van der Waals surface area contributed by atoms with Crippen molar-refractivity contribution in [3.05, 3.63) is 42.5 Å². The molecule has 2 aromatic rings. The van der Waals surface area contributed by atoms with Gasteiger partial charge in [-0.2, -0.15) is 0 Å². The molecule has 1 aromatic heterocycles. The molecule has 14 heavy (non-hydrogen) atoms. The lowest BCUT2D eigenvalue weighted by molar-refractivity contribution is 0.475. The highest BCUT2D eigenvalue weighted by Gasteiger charge is 2.01. The standard InChI is InChI=1S/C11H10N2O/c1-8-11(6-12-7-13-8)9-2-4-10(14)5-3-9/h2-7,14H,1H3. The van der Waals surface area contributed by atoms with Crippen molar-refractivity contribution in [1.29, 1.82) is 0 Å². The van der Waals surface area contributed by atoms with E-state index in [9.17, 15) is 0 Å². The van der Waals surface area contributed by atoms with Crippen LogP contribution in [0.4, 0.5) is 0 Å². The minimum absolute atomic E-state index is 0.267. The van der Waals surface area contributed by atoms with Crippen molar-refractivity contribution in [2.24, 2.45) is 0 Å². The van der Waals surface area contributed by atoms with Crippen molar-refractivity contribution in [2.75, 3.05) is 0 Å². The fourth-order valence-corrected chi connectivity index (χ4v) is 1.32. The lowest BCUT2D eigenvalue weighted by atomic mass is 10.1. The van der Waals surface area contributed by atoms with Gasteiger partial charge < -0.3 is 5.11 Å². The highest BCUT2D eigenvalue weighted by Crippen LogP contribution is 2.22. The quantitative estimate of drug-likeness (QED) is 0.742. The van der Waals surface area contributed by atoms with E-state index in [0.717, 1.165) is 16.8 Å². The summed E-state index contributed by atoms with van der Waals surface area (Å²) in [5.74, 6) is 0.267. The van der Waals surface area contributed by atoms with E-state index in [4.69, 9.17) is 5.11 Å². The monoisotopic (exact) mass is 186 g/mol. The van der Waals surface area contributed by atoms with E-state index in [2.05, 4.69) is 9.97 Å². The van der Waals surface area contributed by atoms with Gasteiger partial charge >= 0.3 is 0 Å². The van der Waals surface area contributed by atoms with Gasteiger partial charge in [0.2, 0.25) is 0 Å². The molecular weight excluding hydrogens is 176 g/mol. The Labute approximate surface area is 82.1 Å². The van der Waals surface area contributed by atoms with Gasteiger partial charge in [-0.15, -0.1) is 0 Å². The minimum Gasteiger partial charge on any atom is -0.508 e. The van der Waals surface area contributed by atoms with Crippen molar-refractivity contribution < 1.29 is 5.11 Å². The first-order chi connectivity index (χ1) is 6.77. The number of nitrogens with zero attached hydrogens (tertiary/aromatic N) is 2. The average Bonchev–Trinajstić information content (AvgIpc) is 2.20. The number of benzene rings is 1. The first-order valence-electron chi connectivity index (χ1n) is 4.33. The van der Waals surface area contributed by atoms with Gasteiger partial charge in [-0.25, -0.2) is 9.97 Å². The minimum atomic E-state index is 0.267. The number of phenolic OH excluding ortho intramolecular Hbond substituents is 1. The molecule has 0 saturated heterocycles. The van der Waals surface area contributed by atoms with Crippen molar-refractivity contribution in [1.82, 2.24) is 9.97 Å². The van der Waals surface area contributed by atoms with Crippen molar-refractivity contribution in [3.8, 4) is 16.9 Å². The third kappa shape index (κ3) is 1.57. The van der Waals surface area contributed by atoms with Gasteiger partial charge in [-0.05, 0) is 24.6 Å². The Bertz CT molecular complexity index is 437. The molecule has 1 aromatic carbocycles. The van der Waals surface area contributed by atoms with E-state index in [1.807, 2.05) is 19.1 Å². The fraction of sp³-hybridized carbons (Fsp3) is 0.0909. The topological polar surface area (TPSA) is 46.0 Å². The zero-order valence-corrected chi connectivity index (χ0v) is 7.81. The van der Waals surface area contributed by atoms with E-state index < -0.39 is 0 Å². The zero-order valence-electron chi connectivity index (χ0n) is 7.81. The number of aromatic hydroxyl groups is 1. The van der Waals surface area contributed by atoms with Crippen molar-refractivity contribution in [3.63, 3.8) is 0 Å². The van der Waals surface area contributed by atoms with Gasteiger partial charge in [0.15, 0.2) is 0 Å². The van der Waals surface area contributed by atoms with Crippen LogP contribution in [0.2, 0.25) is 0 Å². The Morgan fingerprint density at radius 2 is 1.86 bits per heavy atom. The summed E-state index contributed by atoms with van der Waals surface area (Å²) in [7, 11) is 0. The Morgan fingerprint density at radius 3 is 2.50 bits per heavy atom. The Morgan fingerprint density at radius 1 is 1.14 bits per heavy atom. The normalized spacial score (nSPS) is 10.1. The number of hydrogen-bond acceptors (Lipinski definition) is 3. The summed E-state index contributed by atoms with van der Waals surface area (Å²) >= 11 is 0. The molecule has 0 radical (unpaired) electrons. The lowest BCUT2D eigenvalue weighted by Crippen LogP contribution is -1.88. The molecule has 0 amide bonds. The highest BCUT2D eigenvalue weighted by atomic mass is 16.3. The Balaban J connectivity index is 2.50. The molecular formula is C11H10N2O. The van der Waals surface area contributed by atoms with Crippen LogP contribution in [0.1, 0.15) is 5.69 Å². The number of aryl methyl sites for hydroxylation is 1. The third-order valence-corrected chi connectivity index (χ3v) is 2.09. The third-order valence-electron chi connectivity index (χ3n) is 2.09. The first kappa shape index (κ1) is 8.69. The fourth-order valence-electron chi connectivity index (χ4n) is 1.32. The zero-order chi connectivity index (χ0) is 9.97. The molecule has 0 aliphatic rings. The summed E-state index contributed by atoms with van der Waals surface area (Å²) < 4.78 is 0. The molecule has 3 heteroatoms. The summed E-state index contributed by atoms with van der Waals surface area (Å²) in [5, 5.41) is 9.14. The Kier molecular flexibility index (Phi) is 2.14. The Hall–Kier alpha value is -1.90. The van der Waals surface area contributed by atoms with Crippen LogP contribution in [-0.4, -0.2) is 15.1 Å². The van der Waals surface area contributed by atoms with Gasteiger partial charge in [-0.3, -0.25) is 0 Å². The van der Waals surface area contributed by atoms with E-state index in [1.165, 1.54) is 6.33 Å². The second kappa shape index (κ2) is 3.46. The van der Waals surface area contributed by atoms with Crippen LogP contribution in [0.25, 0.3) is 11.1 Å². The molecule has 3 nitrogen and oxygen atoms in total. The molecule has 0 saturated carbocycles. The smallest absolute Gasteiger partial charge is 0.115 e. The molecule has 0 aliphatic carbocycles.